The van der Waals surface area contributed by atoms with E-state index in [4.69, 9.17) is 21.6 Å². The van der Waals surface area contributed by atoms with Gasteiger partial charge >= 0.3 is 0 Å². The van der Waals surface area contributed by atoms with E-state index >= 15 is 0 Å². The van der Waals surface area contributed by atoms with E-state index in [-0.39, 0.29) is 0 Å². The van der Waals surface area contributed by atoms with Crippen LogP contribution >= 0.6 is 34.2 Å². The van der Waals surface area contributed by atoms with E-state index in [9.17, 15) is 0 Å². The summed E-state index contributed by atoms with van der Waals surface area (Å²) in [6.07, 6.45) is 0. The molecule has 4 heteroatoms. The lowest BCUT2D eigenvalue weighted by atomic mass is 10.1. The maximum Gasteiger partial charge on any atom is 0.120 e. The quantitative estimate of drug-likeness (QED) is 0.752. The highest BCUT2D eigenvalue weighted by atomic mass is 127. The van der Waals surface area contributed by atoms with Gasteiger partial charge in [0, 0.05) is 14.2 Å². The molecule has 2 aromatic rings. The summed E-state index contributed by atoms with van der Waals surface area (Å²) in [7, 11) is 0. The zero-order chi connectivity index (χ0) is 13.0. The van der Waals surface area contributed by atoms with Crippen molar-refractivity contribution >= 4 is 34.2 Å². The number of rotatable bonds is 3. The van der Waals surface area contributed by atoms with Crippen molar-refractivity contribution in [2.75, 3.05) is 0 Å². The Kier molecular flexibility index (Phi) is 4.45. The molecule has 0 unspecified atom stereocenters. The molecule has 2 nitrogen and oxygen atoms in total. The Hall–Kier alpha value is -1.25. The standard InChI is InChI=1S/C14H9ClINO/c15-14-6-10(8-17)4-5-11(14)9-18-13-3-1-2-12(16)7-13/h1-7H,9H2. The molecule has 0 saturated heterocycles. The Morgan fingerprint density at radius 3 is 2.72 bits per heavy atom. The summed E-state index contributed by atoms with van der Waals surface area (Å²) in [4.78, 5) is 0. The van der Waals surface area contributed by atoms with Crippen LogP contribution in [0.3, 0.4) is 0 Å². The van der Waals surface area contributed by atoms with Gasteiger partial charge < -0.3 is 4.74 Å². The molecule has 0 bridgehead atoms. The third kappa shape index (κ3) is 3.37. The van der Waals surface area contributed by atoms with Crippen molar-refractivity contribution in [3.63, 3.8) is 0 Å². The largest absolute Gasteiger partial charge is 0.489 e. The molecule has 18 heavy (non-hydrogen) atoms. The van der Waals surface area contributed by atoms with Crippen molar-refractivity contribution in [2.45, 2.75) is 6.61 Å². The number of nitriles is 1. The van der Waals surface area contributed by atoms with Crippen LogP contribution in [0.1, 0.15) is 11.1 Å². The van der Waals surface area contributed by atoms with Gasteiger partial charge in [-0.05, 0) is 52.9 Å². The Balaban J connectivity index is 2.09. The summed E-state index contributed by atoms with van der Waals surface area (Å²) >= 11 is 8.31. The Labute approximate surface area is 124 Å². The van der Waals surface area contributed by atoms with Gasteiger partial charge in [0.05, 0.1) is 11.6 Å². The van der Waals surface area contributed by atoms with Gasteiger partial charge in [-0.2, -0.15) is 5.26 Å². The molecule has 2 rings (SSSR count). The van der Waals surface area contributed by atoms with E-state index in [0.29, 0.717) is 17.2 Å². The highest BCUT2D eigenvalue weighted by Crippen LogP contribution is 2.21. The summed E-state index contributed by atoms with van der Waals surface area (Å²) in [5, 5.41) is 9.31. The summed E-state index contributed by atoms with van der Waals surface area (Å²) in [5.74, 6) is 0.808. The summed E-state index contributed by atoms with van der Waals surface area (Å²) < 4.78 is 6.78. The van der Waals surface area contributed by atoms with E-state index in [2.05, 4.69) is 28.7 Å². The third-order valence-corrected chi connectivity index (χ3v) is 3.40. The van der Waals surface area contributed by atoms with E-state index in [0.717, 1.165) is 14.9 Å². The van der Waals surface area contributed by atoms with Gasteiger partial charge in [-0.25, -0.2) is 0 Å². The third-order valence-electron chi connectivity index (χ3n) is 2.37. The van der Waals surface area contributed by atoms with Gasteiger partial charge in [-0.3, -0.25) is 0 Å². The molecule has 0 amide bonds. The minimum Gasteiger partial charge on any atom is -0.489 e. The van der Waals surface area contributed by atoms with Gasteiger partial charge in [0.1, 0.15) is 12.4 Å². The van der Waals surface area contributed by atoms with E-state index in [1.165, 1.54) is 0 Å². The first-order chi connectivity index (χ1) is 8.69. The first-order valence-corrected chi connectivity index (χ1v) is 6.71. The van der Waals surface area contributed by atoms with Gasteiger partial charge in [0.2, 0.25) is 0 Å². The molecule has 0 atom stereocenters. The summed E-state index contributed by atoms with van der Waals surface area (Å²) in [6, 6.07) is 15.1. The summed E-state index contributed by atoms with van der Waals surface area (Å²) in [6.45, 7) is 0.393. The van der Waals surface area contributed by atoms with Crippen LogP contribution in [0.5, 0.6) is 5.75 Å². The molecule has 0 aliphatic rings. The fraction of sp³-hybridized carbons (Fsp3) is 0.0714. The average Bonchev–Trinajstić information content (AvgIpc) is 2.37. The van der Waals surface area contributed by atoms with Crippen LogP contribution in [0.15, 0.2) is 42.5 Å². The minimum absolute atomic E-state index is 0.393. The van der Waals surface area contributed by atoms with Gasteiger partial charge in [-0.15, -0.1) is 0 Å². The van der Waals surface area contributed by atoms with Gasteiger partial charge in [0.25, 0.3) is 0 Å². The maximum atomic E-state index is 8.75. The van der Waals surface area contributed by atoms with E-state index in [1.807, 2.05) is 30.3 Å². The Morgan fingerprint density at radius 2 is 2.06 bits per heavy atom. The molecule has 0 aliphatic heterocycles. The number of benzene rings is 2. The molecule has 0 radical (unpaired) electrons. The molecule has 0 heterocycles. The zero-order valence-corrected chi connectivity index (χ0v) is 12.3. The normalized spacial score (nSPS) is 9.83. The lowest BCUT2D eigenvalue weighted by Gasteiger charge is -2.08. The molecular formula is C14H9ClINO. The molecule has 0 saturated carbocycles. The smallest absolute Gasteiger partial charge is 0.120 e. The number of ether oxygens (including phenoxy) is 1. The second-order valence-corrected chi connectivity index (χ2v) is 5.32. The van der Waals surface area contributed by atoms with Gasteiger partial charge in [-0.1, -0.05) is 23.7 Å². The van der Waals surface area contributed by atoms with Crippen LogP contribution in [0, 0.1) is 14.9 Å². The molecule has 0 spiro atoms. The van der Waals surface area contributed by atoms with E-state index in [1.54, 1.807) is 12.1 Å². The average molecular weight is 370 g/mol. The number of hydrogen-bond acceptors (Lipinski definition) is 2. The lowest BCUT2D eigenvalue weighted by molar-refractivity contribution is 0.306. The van der Waals surface area contributed by atoms with Crippen LogP contribution in [0.2, 0.25) is 5.02 Å². The van der Waals surface area contributed by atoms with Crippen molar-refractivity contribution < 1.29 is 4.74 Å². The van der Waals surface area contributed by atoms with Crippen LogP contribution < -0.4 is 4.74 Å². The fourth-order valence-corrected chi connectivity index (χ4v) is 2.20. The predicted molar refractivity (Wildman–Crippen MR) is 79.7 cm³/mol. The summed E-state index contributed by atoms with van der Waals surface area (Å²) in [5.41, 5.74) is 1.42. The molecule has 90 valence electrons. The zero-order valence-electron chi connectivity index (χ0n) is 9.36. The highest BCUT2D eigenvalue weighted by molar-refractivity contribution is 14.1. The topological polar surface area (TPSA) is 33.0 Å². The first-order valence-electron chi connectivity index (χ1n) is 5.26. The maximum absolute atomic E-state index is 8.75. The molecule has 0 fully saturated rings. The van der Waals surface area contributed by atoms with Crippen molar-refractivity contribution in [1.82, 2.24) is 0 Å². The number of nitrogens with zero attached hydrogens (tertiary/aromatic N) is 1. The SMILES string of the molecule is N#Cc1ccc(COc2cccc(I)c2)c(Cl)c1. The molecule has 0 aliphatic carbocycles. The lowest BCUT2D eigenvalue weighted by Crippen LogP contribution is -1.96. The van der Waals surface area contributed by atoms with Crippen molar-refractivity contribution in [2.24, 2.45) is 0 Å². The van der Waals surface area contributed by atoms with Crippen LogP contribution in [-0.2, 0) is 6.61 Å². The number of halogens is 2. The number of hydrogen-bond donors (Lipinski definition) is 0. The van der Waals surface area contributed by atoms with Crippen molar-refractivity contribution in [3.05, 3.63) is 62.2 Å². The molecule has 2 aromatic carbocycles. The Bertz CT molecular complexity index is 607. The van der Waals surface area contributed by atoms with Crippen LogP contribution in [0.25, 0.3) is 0 Å². The molecular weight excluding hydrogens is 361 g/mol. The van der Waals surface area contributed by atoms with Crippen LogP contribution in [0.4, 0.5) is 0 Å². The van der Waals surface area contributed by atoms with Gasteiger partial charge in [0.15, 0.2) is 0 Å². The second-order valence-electron chi connectivity index (χ2n) is 3.66. The minimum atomic E-state index is 0.393. The highest BCUT2D eigenvalue weighted by Gasteiger charge is 2.03. The molecule has 0 N–H and O–H groups in total. The van der Waals surface area contributed by atoms with Crippen molar-refractivity contribution in [1.29, 1.82) is 5.26 Å². The first kappa shape index (κ1) is 13.2. The van der Waals surface area contributed by atoms with Crippen LogP contribution in [-0.4, -0.2) is 0 Å². The van der Waals surface area contributed by atoms with Crippen molar-refractivity contribution in [3.8, 4) is 11.8 Å². The monoisotopic (exact) mass is 369 g/mol. The second kappa shape index (κ2) is 6.07. The fourth-order valence-electron chi connectivity index (χ4n) is 1.45. The molecule has 0 aromatic heterocycles. The van der Waals surface area contributed by atoms with E-state index < -0.39 is 0 Å². The Morgan fingerprint density at radius 1 is 1.22 bits per heavy atom. The predicted octanol–water partition coefficient (Wildman–Crippen LogP) is 4.40.